The van der Waals surface area contributed by atoms with E-state index in [2.05, 4.69) is 9.97 Å². The van der Waals surface area contributed by atoms with Crippen molar-refractivity contribution in [1.29, 1.82) is 5.26 Å². The van der Waals surface area contributed by atoms with Crippen LogP contribution in [0.25, 0.3) is 0 Å². The van der Waals surface area contributed by atoms with Gasteiger partial charge in [-0.05, 0) is 49.9 Å². The average Bonchev–Trinajstić information content (AvgIpc) is 2.36. The zero-order valence-corrected chi connectivity index (χ0v) is 12.0. The topological polar surface area (TPSA) is 49.6 Å². The third-order valence-electron chi connectivity index (χ3n) is 2.59. The normalized spacial score (nSPS) is 11.2. The Kier molecular flexibility index (Phi) is 4.19. The molecule has 2 aromatic rings. The van der Waals surface area contributed by atoms with E-state index in [1.807, 2.05) is 13.8 Å². The van der Waals surface area contributed by atoms with Crippen LogP contribution in [0.4, 0.5) is 13.2 Å². The van der Waals surface area contributed by atoms with E-state index in [9.17, 15) is 13.2 Å². The lowest BCUT2D eigenvalue weighted by Crippen LogP contribution is -2.07. The van der Waals surface area contributed by atoms with Gasteiger partial charge in [-0.1, -0.05) is 0 Å². The van der Waals surface area contributed by atoms with Crippen LogP contribution in [0.5, 0.6) is 0 Å². The Morgan fingerprint density at radius 3 is 2.24 bits per heavy atom. The maximum atomic E-state index is 12.7. The molecule has 0 unspecified atom stereocenters. The summed E-state index contributed by atoms with van der Waals surface area (Å²) < 4.78 is 38.2. The molecular formula is C14H10F3N3S. The van der Waals surface area contributed by atoms with E-state index in [0.29, 0.717) is 10.1 Å². The van der Waals surface area contributed by atoms with Crippen molar-refractivity contribution in [2.24, 2.45) is 0 Å². The second-order valence-corrected chi connectivity index (χ2v) is 5.39. The van der Waals surface area contributed by atoms with E-state index in [1.54, 1.807) is 12.1 Å². The van der Waals surface area contributed by atoms with Crippen LogP contribution in [-0.2, 0) is 6.18 Å². The highest BCUT2D eigenvalue weighted by molar-refractivity contribution is 7.99. The third-order valence-corrected chi connectivity index (χ3v) is 3.44. The number of aryl methyl sites for hydroxylation is 2. The number of nitrogens with zero attached hydrogens (tertiary/aromatic N) is 3. The van der Waals surface area contributed by atoms with Crippen LogP contribution in [0.15, 0.2) is 34.3 Å². The first kappa shape index (κ1) is 15.3. The fraction of sp³-hybridized carbons (Fsp3) is 0.214. The van der Waals surface area contributed by atoms with Gasteiger partial charge in [-0.15, -0.1) is 0 Å². The molecule has 0 spiro atoms. The Morgan fingerprint density at radius 1 is 1.10 bits per heavy atom. The second-order valence-electron chi connectivity index (χ2n) is 4.35. The minimum atomic E-state index is -4.54. The fourth-order valence-corrected chi connectivity index (χ4v) is 2.67. The van der Waals surface area contributed by atoms with Gasteiger partial charge in [0.05, 0.1) is 17.2 Å². The molecule has 0 saturated heterocycles. The van der Waals surface area contributed by atoms with Crippen molar-refractivity contribution in [3.8, 4) is 6.07 Å². The van der Waals surface area contributed by atoms with Gasteiger partial charge in [-0.25, -0.2) is 9.97 Å². The zero-order chi connectivity index (χ0) is 15.6. The predicted octanol–water partition coefficient (Wildman–Crippen LogP) is 4.14. The van der Waals surface area contributed by atoms with E-state index >= 15 is 0 Å². The maximum absolute atomic E-state index is 12.7. The first-order valence-electron chi connectivity index (χ1n) is 5.91. The fourth-order valence-electron chi connectivity index (χ4n) is 1.77. The molecule has 0 radical (unpaired) electrons. The maximum Gasteiger partial charge on any atom is 0.417 e. The Balaban J connectivity index is 2.36. The highest BCUT2D eigenvalue weighted by Gasteiger charge is 2.33. The molecule has 21 heavy (non-hydrogen) atoms. The number of halogens is 3. The summed E-state index contributed by atoms with van der Waals surface area (Å²) in [5, 5.41) is 9.31. The number of aromatic nitrogens is 2. The van der Waals surface area contributed by atoms with Crippen LogP contribution < -0.4 is 0 Å². The minimum Gasteiger partial charge on any atom is -0.228 e. The first-order chi connectivity index (χ1) is 9.79. The Morgan fingerprint density at radius 2 is 1.71 bits per heavy atom. The minimum absolute atomic E-state index is 0.406. The van der Waals surface area contributed by atoms with Crippen molar-refractivity contribution in [2.75, 3.05) is 0 Å². The SMILES string of the molecule is Cc1cc(C)nc(Sc2ccc(C(F)(F)F)c(C#N)c2)n1. The van der Waals surface area contributed by atoms with Gasteiger partial charge in [0.15, 0.2) is 5.16 Å². The van der Waals surface area contributed by atoms with Crippen LogP contribution in [0.2, 0.25) is 0 Å². The monoisotopic (exact) mass is 309 g/mol. The predicted molar refractivity (Wildman–Crippen MR) is 71.8 cm³/mol. The largest absolute Gasteiger partial charge is 0.417 e. The number of alkyl halides is 3. The lowest BCUT2D eigenvalue weighted by Gasteiger charge is -2.09. The quantitative estimate of drug-likeness (QED) is 0.782. The van der Waals surface area contributed by atoms with Gasteiger partial charge < -0.3 is 0 Å². The molecule has 0 aliphatic heterocycles. The molecule has 1 aromatic carbocycles. The van der Waals surface area contributed by atoms with Gasteiger partial charge in [-0.2, -0.15) is 18.4 Å². The molecule has 0 aliphatic rings. The van der Waals surface area contributed by atoms with Gasteiger partial charge in [0.25, 0.3) is 0 Å². The highest BCUT2D eigenvalue weighted by atomic mass is 32.2. The summed E-state index contributed by atoms with van der Waals surface area (Å²) in [5.41, 5.74) is 0.211. The Hall–Kier alpha value is -2.07. The molecule has 0 amide bonds. The van der Waals surface area contributed by atoms with E-state index in [0.717, 1.165) is 29.2 Å². The van der Waals surface area contributed by atoms with Crippen molar-refractivity contribution < 1.29 is 13.2 Å². The Labute approximate surface area is 123 Å². The van der Waals surface area contributed by atoms with Crippen molar-refractivity contribution in [3.05, 3.63) is 46.8 Å². The number of benzene rings is 1. The zero-order valence-electron chi connectivity index (χ0n) is 11.2. The summed E-state index contributed by atoms with van der Waals surface area (Å²) in [6, 6.07) is 6.80. The first-order valence-corrected chi connectivity index (χ1v) is 6.73. The molecule has 1 heterocycles. The number of rotatable bonds is 2. The van der Waals surface area contributed by atoms with Gasteiger partial charge in [-0.3, -0.25) is 0 Å². The van der Waals surface area contributed by atoms with E-state index in [1.165, 1.54) is 12.1 Å². The smallest absolute Gasteiger partial charge is 0.228 e. The summed E-state index contributed by atoms with van der Waals surface area (Å²) in [4.78, 5) is 8.90. The van der Waals surface area contributed by atoms with Gasteiger partial charge in [0.1, 0.15) is 0 Å². The van der Waals surface area contributed by atoms with Crippen LogP contribution in [-0.4, -0.2) is 9.97 Å². The van der Waals surface area contributed by atoms with Crippen LogP contribution in [0, 0.1) is 25.2 Å². The van der Waals surface area contributed by atoms with Crippen molar-refractivity contribution in [1.82, 2.24) is 9.97 Å². The molecule has 2 rings (SSSR count). The van der Waals surface area contributed by atoms with Crippen LogP contribution >= 0.6 is 11.8 Å². The van der Waals surface area contributed by atoms with Crippen molar-refractivity contribution >= 4 is 11.8 Å². The molecular weight excluding hydrogens is 299 g/mol. The Bertz CT molecular complexity index is 700. The van der Waals surface area contributed by atoms with Gasteiger partial charge in [0, 0.05) is 16.3 Å². The number of hydrogen-bond acceptors (Lipinski definition) is 4. The van der Waals surface area contributed by atoms with E-state index < -0.39 is 17.3 Å². The molecule has 1 aromatic heterocycles. The molecule has 0 aliphatic carbocycles. The lowest BCUT2D eigenvalue weighted by atomic mass is 10.1. The number of hydrogen-bond donors (Lipinski definition) is 0. The molecule has 108 valence electrons. The molecule has 0 atom stereocenters. The highest BCUT2D eigenvalue weighted by Crippen LogP contribution is 2.35. The van der Waals surface area contributed by atoms with E-state index in [-0.39, 0.29) is 0 Å². The van der Waals surface area contributed by atoms with Gasteiger partial charge >= 0.3 is 6.18 Å². The molecule has 0 saturated carbocycles. The molecule has 0 bridgehead atoms. The second kappa shape index (κ2) is 5.74. The van der Waals surface area contributed by atoms with E-state index in [4.69, 9.17) is 5.26 Å². The lowest BCUT2D eigenvalue weighted by molar-refractivity contribution is -0.137. The number of nitriles is 1. The summed E-state index contributed by atoms with van der Waals surface area (Å²) in [5.74, 6) is 0. The average molecular weight is 309 g/mol. The van der Waals surface area contributed by atoms with Gasteiger partial charge in [0.2, 0.25) is 0 Å². The molecule has 0 N–H and O–H groups in total. The molecule has 3 nitrogen and oxygen atoms in total. The summed E-state index contributed by atoms with van der Waals surface area (Å²) in [6.45, 7) is 3.62. The summed E-state index contributed by atoms with van der Waals surface area (Å²) >= 11 is 1.12. The van der Waals surface area contributed by atoms with Crippen molar-refractivity contribution in [3.63, 3.8) is 0 Å². The third kappa shape index (κ3) is 3.73. The molecule has 7 heteroatoms. The summed E-state index contributed by atoms with van der Waals surface area (Å²) in [7, 11) is 0. The standard InChI is InChI=1S/C14H10F3N3S/c1-8-5-9(2)20-13(19-8)21-11-3-4-12(14(15,16)17)10(6-11)7-18/h3-6H,1-2H3. The summed E-state index contributed by atoms with van der Waals surface area (Å²) in [6.07, 6.45) is -4.54. The van der Waals surface area contributed by atoms with Crippen molar-refractivity contribution in [2.45, 2.75) is 30.1 Å². The van der Waals surface area contributed by atoms with Crippen LogP contribution in [0.3, 0.4) is 0 Å². The molecule has 0 fully saturated rings. The van der Waals surface area contributed by atoms with Crippen LogP contribution in [0.1, 0.15) is 22.5 Å².